The third-order valence-corrected chi connectivity index (χ3v) is 3.88. The quantitative estimate of drug-likeness (QED) is 0.536. The van der Waals surface area contributed by atoms with Crippen molar-refractivity contribution in [1.29, 1.82) is 0 Å². The number of hydrogen-bond acceptors (Lipinski definition) is 6. The van der Waals surface area contributed by atoms with E-state index in [4.69, 9.17) is 14.4 Å². The number of amides is 1. The Kier molecular flexibility index (Phi) is 4.57. The Bertz CT molecular complexity index is 519. The van der Waals surface area contributed by atoms with Gasteiger partial charge in [-0.15, -0.1) is 0 Å². The summed E-state index contributed by atoms with van der Waals surface area (Å²) in [5.74, 6) is 0.424. The number of rotatable bonds is 5. The average molecular weight is 308 g/mol. The molecule has 1 aliphatic heterocycles. The summed E-state index contributed by atoms with van der Waals surface area (Å²) in [6, 6.07) is 0. The highest BCUT2D eigenvalue weighted by molar-refractivity contribution is 6.61. The van der Waals surface area contributed by atoms with Gasteiger partial charge >= 0.3 is 13.2 Å². The molecule has 0 aromatic carbocycles. The molecule has 0 atom stereocenters. The molecule has 2 heterocycles. The van der Waals surface area contributed by atoms with Gasteiger partial charge in [0.25, 0.3) is 0 Å². The average Bonchev–Trinajstić information content (AvgIpc) is 2.64. The van der Waals surface area contributed by atoms with Crippen molar-refractivity contribution in [3.8, 4) is 0 Å². The van der Waals surface area contributed by atoms with Crippen molar-refractivity contribution in [1.82, 2.24) is 15.3 Å². The zero-order valence-electron chi connectivity index (χ0n) is 13.2. The largest absolute Gasteiger partial charge is 0.498 e. The van der Waals surface area contributed by atoms with Crippen LogP contribution in [0.25, 0.3) is 0 Å². The van der Waals surface area contributed by atoms with E-state index < -0.39 is 24.4 Å². The number of aromatic nitrogens is 2. The predicted molar refractivity (Wildman–Crippen MR) is 82.3 cm³/mol. The smallest absolute Gasteiger partial charge is 0.465 e. The highest BCUT2D eigenvalue weighted by Gasteiger charge is 2.51. The summed E-state index contributed by atoms with van der Waals surface area (Å²) in [7, 11) is -0.493. The van der Waals surface area contributed by atoms with E-state index in [-0.39, 0.29) is 6.54 Å². The predicted octanol–water partition coefficient (Wildman–Crippen LogP) is 0.455. The van der Waals surface area contributed by atoms with Gasteiger partial charge in [0, 0.05) is 30.9 Å². The minimum Gasteiger partial charge on any atom is -0.465 e. The van der Waals surface area contributed by atoms with E-state index in [0.717, 1.165) is 5.46 Å². The Hall–Kier alpha value is -1.87. The van der Waals surface area contributed by atoms with Crippen LogP contribution < -0.4 is 16.1 Å². The second-order valence-electron chi connectivity index (χ2n) is 6.09. The Balaban J connectivity index is 1.91. The first-order chi connectivity index (χ1) is 10.2. The normalized spacial score (nSPS) is 19.0. The first-order valence-electron chi connectivity index (χ1n) is 7.09. The first kappa shape index (κ1) is 16.5. The lowest BCUT2D eigenvalue weighted by Crippen LogP contribution is -2.41. The summed E-state index contributed by atoms with van der Waals surface area (Å²) < 4.78 is 11.8. The van der Waals surface area contributed by atoms with Gasteiger partial charge < -0.3 is 25.0 Å². The highest BCUT2D eigenvalue weighted by Crippen LogP contribution is 2.36. The van der Waals surface area contributed by atoms with Crippen LogP contribution >= 0.6 is 0 Å². The summed E-state index contributed by atoms with van der Waals surface area (Å²) in [6.45, 7) is 8.62. The zero-order chi connectivity index (χ0) is 16.4. The van der Waals surface area contributed by atoms with Crippen LogP contribution in [0.3, 0.4) is 0 Å². The number of hydrogen-bond donors (Lipinski definition) is 3. The zero-order valence-corrected chi connectivity index (χ0v) is 13.2. The molecule has 1 aromatic heterocycles. The Morgan fingerprint density at radius 2 is 1.73 bits per heavy atom. The van der Waals surface area contributed by atoms with Gasteiger partial charge in [-0.2, -0.15) is 0 Å². The molecule has 3 N–H and O–H groups in total. The fourth-order valence-corrected chi connectivity index (χ4v) is 1.87. The molecule has 0 unspecified atom stereocenters. The molecule has 1 aromatic rings. The van der Waals surface area contributed by atoms with Crippen molar-refractivity contribution >= 4 is 24.6 Å². The maximum atomic E-state index is 10.3. The van der Waals surface area contributed by atoms with Gasteiger partial charge in [0.05, 0.1) is 11.2 Å². The maximum absolute atomic E-state index is 10.3. The van der Waals surface area contributed by atoms with Gasteiger partial charge in [0.2, 0.25) is 5.95 Å². The van der Waals surface area contributed by atoms with Gasteiger partial charge in [0.1, 0.15) is 0 Å². The molecule has 120 valence electrons. The van der Waals surface area contributed by atoms with Crippen LogP contribution in [0.4, 0.5) is 10.7 Å². The third kappa shape index (κ3) is 3.66. The number of carbonyl (C=O) groups is 1. The summed E-state index contributed by atoms with van der Waals surface area (Å²) in [5, 5.41) is 13.6. The molecule has 1 saturated heterocycles. The van der Waals surface area contributed by atoms with Crippen LogP contribution in [0.1, 0.15) is 27.7 Å². The standard InChI is InChI=1S/C13H21BN4O4/c1-12(2)13(3,4)22-14(21-12)9-7-17-10(18-8-9)15-5-6-16-11(19)20/h7-8,16H,5-6H2,1-4H3,(H,19,20)(H,15,17,18). The molecular weight excluding hydrogens is 287 g/mol. The number of anilines is 1. The second kappa shape index (κ2) is 6.09. The third-order valence-electron chi connectivity index (χ3n) is 3.88. The molecule has 0 saturated carbocycles. The Morgan fingerprint density at radius 3 is 2.23 bits per heavy atom. The molecule has 9 heteroatoms. The van der Waals surface area contributed by atoms with E-state index >= 15 is 0 Å². The molecule has 2 rings (SSSR count). The fraction of sp³-hybridized carbons (Fsp3) is 0.615. The van der Waals surface area contributed by atoms with Crippen molar-refractivity contribution in [2.45, 2.75) is 38.9 Å². The van der Waals surface area contributed by atoms with Gasteiger partial charge in [0.15, 0.2) is 0 Å². The lowest BCUT2D eigenvalue weighted by atomic mass is 9.81. The van der Waals surface area contributed by atoms with E-state index in [9.17, 15) is 4.79 Å². The van der Waals surface area contributed by atoms with Gasteiger partial charge in [-0.25, -0.2) is 14.8 Å². The van der Waals surface area contributed by atoms with Gasteiger partial charge in [-0.3, -0.25) is 0 Å². The SMILES string of the molecule is CC1(C)OB(c2cnc(NCCNC(=O)O)nc2)OC1(C)C. The minimum atomic E-state index is -1.06. The topological polar surface area (TPSA) is 106 Å². The van der Waals surface area contributed by atoms with Crippen molar-refractivity contribution in [2.24, 2.45) is 0 Å². The molecule has 1 aliphatic rings. The summed E-state index contributed by atoms with van der Waals surface area (Å²) in [4.78, 5) is 18.7. The number of nitrogens with one attached hydrogen (secondary N) is 2. The van der Waals surface area contributed by atoms with E-state index in [1.165, 1.54) is 0 Å². The lowest BCUT2D eigenvalue weighted by Gasteiger charge is -2.32. The molecular formula is C13H21BN4O4. The molecule has 0 aliphatic carbocycles. The molecule has 1 fully saturated rings. The van der Waals surface area contributed by atoms with Gasteiger partial charge in [-0.05, 0) is 27.7 Å². The van der Waals surface area contributed by atoms with Crippen LogP contribution in [0.2, 0.25) is 0 Å². The van der Waals surface area contributed by atoms with E-state index in [0.29, 0.717) is 12.5 Å². The van der Waals surface area contributed by atoms with Crippen LogP contribution in [0.15, 0.2) is 12.4 Å². The van der Waals surface area contributed by atoms with E-state index in [1.54, 1.807) is 12.4 Å². The van der Waals surface area contributed by atoms with Crippen molar-refractivity contribution in [3.05, 3.63) is 12.4 Å². The van der Waals surface area contributed by atoms with E-state index in [2.05, 4.69) is 20.6 Å². The number of nitrogens with zero attached hydrogens (tertiary/aromatic N) is 2. The molecule has 8 nitrogen and oxygen atoms in total. The Labute approximate surface area is 129 Å². The summed E-state index contributed by atoms with van der Waals surface area (Å²) >= 11 is 0. The molecule has 22 heavy (non-hydrogen) atoms. The minimum absolute atomic E-state index is 0.275. The monoisotopic (exact) mass is 308 g/mol. The lowest BCUT2D eigenvalue weighted by molar-refractivity contribution is 0.00578. The van der Waals surface area contributed by atoms with Crippen molar-refractivity contribution < 1.29 is 19.2 Å². The van der Waals surface area contributed by atoms with Gasteiger partial charge in [-0.1, -0.05) is 0 Å². The van der Waals surface area contributed by atoms with Crippen LogP contribution in [-0.2, 0) is 9.31 Å². The first-order valence-corrected chi connectivity index (χ1v) is 7.09. The molecule has 0 bridgehead atoms. The second-order valence-corrected chi connectivity index (χ2v) is 6.09. The highest BCUT2D eigenvalue weighted by atomic mass is 16.7. The van der Waals surface area contributed by atoms with Crippen LogP contribution in [0.5, 0.6) is 0 Å². The molecule has 0 radical (unpaired) electrons. The van der Waals surface area contributed by atoms with Crippen LogP contribution in [0, 0.1) is 0 Å². The maximum Gasteiger partial charge on any atom is 0.498 e. The van der Waals surface area contributed by atoms with E-state index in [1.807, 2.05) is 27.7 Å². The molecule has 0 spiro atoms. The number of carboxylic acid groups (broad SMARTS) is 1. The Morgan fingerprint density at radius 1 is 1.18 bits per heavy atom. The van der Waals surface area contributed by atoms with Crippen molar-refractivity contribution in [3.63, 3.8) is 0 Å². The van der Waals surface area contributed by atoms with Crippen LogP contribution in [-0.4, -0.2) is 52.6 Å². The fourth-order valence-electron chi connectivity index (χ4n) is 1.87. The van der Waals surface area contributed by atoms with Crippen molar-refractivity contribution in [2.75, 3.05) is 18.4 Å². The summed E-state index contributed by atoms with van der Waals surface area (Å²) in [6.07, 6.45) is 2.23. The summed E-state index contributed by atoms with van der Waals surface area (Å²) in [5.41, 5.74) is -0.0679. The molecule has 1 amide bonds.